The Morgan fingerprint density at radius 3 is 2.81 bits per heavy atom. The van der Waals surface area contributed by atoms with Crippen LogP contribution in [-0.2, 0) is 11.3 Å². The van der Waals surface area contributed by atoms with E-state index in [4.69, 9.17) is 12.2 Å². The number of para-hydroxylation sites is 1. The Kier molecular flexibility index (Phi) is 7.57. The summed E-state index contributed by atoms with van der Waals surface area (Å²) in [4.78, 5) is 31.2. The lowest BCUT2D eigenvalue weighted by atomic mass is 10.1. The molecular formula is C23H28N4O3S. The van der Waals surface area contributed by atoms with Gasteiger partial charge in [0.05, 0.1) is 11.1 Å². The van der Waals surface area contributed by atoms with Crippen molar-refractivity contribution >= 4 is 29.8 Å². The highest BCUT2D eigenvalue weighted by Crippen LogP contribution is 2.24. The van der Waals surface area contributed by atoms with Crippen LogP contribution in [0.3, 0.4) is 0 Å². The zero-order valence-corrected chi connectivity index (χ0v) is 18.7. The van der Waals surface area contributed by atoms with Crippen LogP contribution in [0.5, 0.6) is 5.88 Å². The fraction of sp³-hybridized carbons (Fsp3) is 0.391. The van der Waals surface area contributed by atoms with Gasteiger partial charge in [-0.05, 0) is 42.8 Å². The number of allylic oxidation sites excluding steroid dienone is 1. The third-order valence-corrected chi connectivity index (χ3v) is 5.57. The molecule has 2 aromatic rings. The molecule has 3 N–H and O–H groups in total. The van der Waals surface area contributed by atoms with E-state index in [2.05, 4.69) is 22.2 Å². The van der Waals surface area contributed by atoms with E-state index in [0.717, 1.165) is 41.8 Å². The molecule has 1 amide bonds. The molecule has 0 atom stereocenters. The van der Waals surface area contributed by atoms with Crippen LogP contribution in [0.15, 0.2) is 39.7 Å². The largest absolute Gasteiger partial charge is 0.494 e. The maximum absolute atomic E-state index is 12.6. The van der Waals surface area contributed by atoms with Crippen molar-refractivity contribution in [3.05, 3.63) is 61.2 Å². The number of amides is 1. The van der Waals surface area contributed by atoms with E-state index >= 15 is 0 Å². The number of nitrogens with one attached hydrogen (secondary N) is 2. The van der Waals surface area contributed by atoms with E-state index in [0.29, 0.717) is 25.2 Å². The van der Waals surface area contributed by atoms with Crippen molar-refractivity contribution in [3.63, 3.8) is 0 Å². The monoisotopic (exact) mass is 440 g/mol. The Labute approximate surface area is 185 Å². The Hall–Kier alpha value is -3.00. The van der Waals surface area contributed by atoms with Crippen molar-refractivity contribution in [1.29, 1.82) is 0 Å². The molecule has 0 radical (unpaired) electrons. The van der Waals surface area contributed by atoms with Crippen LogP contribution in [0.1, 0.15) is 51.5 Å². The molecule has 0 saturated heterocycles. The molecule has 8 heteroatoms. The molecule has 2 heterocycles. The number of fused-ring (bicyclic) bond motifs is 1. The molecule has 1 aromatic carbocycles. The first-order chi connectivity index (χ1) is 14.9. The second-order valence-electron chi connectivity index (χ2n) is 7.58. The Morgan fingerprint density at radius 1 is 1.29 bits per heavy atom. The topological polar surface area (TPSA) is 99.5 Å². The molecule has 164 valence electrons. The van der Waals surface area contributed by atoms with Crippen LogP contribution in [-0.4, -0.2) is 27.1 Å². The van der Waals surface area contributed by atoms with Crippen LogP contribution in [0.25, 0.3) is 11.6 Å². The first-order valence-electron chi connectivity index (χ1n) is 10.6. The molecule has 31 heavy (non-hydrogen) atoms. The average molecular weight is 441 g/mol. The molecule has 0 saturated carbocycles. The maximum Gasteiger partial charge on any atom is 0.262 e. The number of benzene rings is 1. The number of aromatic nitrogens is 2. The van der Waals surface area contributed by atoms with Crippen molar-refractivity contribution < 1.29 is 9.90 Å². The van der Waals surface area contributed by atoms with Gasteiger partial charge < -0.3 is 10.4 Å². The van der Waals surface area contributed by atoms with Crippen molar-refractivity contribution in [3.8, 4) is 5.88 Å². The van der Waals surface area contributed by atoms with Crippen LogP contribution >= 0.6 is 12.2 Å². The molecule has 1 aliphatic rings. The fourth-order valence-corrected chi connectivity index (χ4v) is 3.92. The maximum atomic E-state index is 12.6. The second kappa shape index (κ2) is 10.3. The predicted molar refractivity (Wildman–Crippen MR) is 124 cm³/mol. The van der Waals surface area contributed by atoms with E-state index in [-0.39, 0.29) is 22.1 Å². The van der Waals surface area contributed by atoms with Crippen LogP contribution in [0, 0.1) is 4.77 Å². The van der Waals surface area contributed by atoms with Crippen LogP contribution in [0.2, 0.25) is 0 Å². The molecule has 0 spiro atoms. The SMILES string of the molecule is CCCCCCn1c(O)c(/C=C2\N=c3ccccc3=C2CCNC(C)=O)c(=O)[nH]c1=S. The van der Waals surface area contributed by atoms with Gasteiger partial charge in [-0.15, -0.1) is 0 Å². The predicted octanol–water partition coefficient (Wildman–Crippen LogP) is 2.54. The van der Waals surface area contributed by atoms with Crippen molar-refractivity contribution in [2.75, 3.05) is 6.54 Å². The third kappa shape index (κ3) is 5.38. The van der Waals surface area contributed by atoms with Crippen molar-refractivity contribution in [1.82, 2.24) is 14.9 Å². The molecule has 0 unspecified atom stereocenters. The molecule has 0 bridgehead atoms. The summed E-state index contributed by atoms with van der Waals surface area (Å²) in [7, 11) is 0. The van der Waals surface area contributed by atoms with Crippen LogP contribution in [0.4, 0.5) is 0 Å². The Bertz CT molecular complexity index is 1240. The quantitative estimate of drug-likeness (QED) is 0.412. The number of hydrogen-bond acceptors (Lipinski definition) is 5. The minimum Gasteiger partial charge on any atom is -0.494 e. The number of hydrogen-bond donors (Lipinski definition) is 3. The second-order valence-corrected chi connectivity index (χ2v) is 7.97. The first-order valence-corrected chi connectivity index (χ1v) is 11.0. The van der Waals surface area contributed by atoms with Gasteiger partial charge in [0.15, 0.2) is 4.77 Å². The summed E-state index contributed by atoms with van der Waals surface area (Å²) < 4.78 is 1.78. The lowest BCUT2D eigenvalue weighted by Crippen LogP contribution is -2.25. The van der Waals surface area contributed by atoms with Gasteiger partial charge in [0.2, 0.25) is 11.8 Å². The van der Waals surface area contributed by atoms with Gasteiger partial charge in [-0.1, -0.05) is 44.4 Å². The number of rotatable bonds is 9. The number of unbranched alkanes of at least 4 members (excludes halogenated alkanes) is 3. The first kappa shape index (κ1) is 22.7. The van der Waals surface area contributed by atoms with E-state index < -0.39 is 5.56 Å². The third-order valence-electron chi connectivity index (χ3n) is 5.25. The van der Waals surface area contributed by atoms with Crippen LogP contribution < -0.4 is 21.5 Å². The fourth-order valence-electron chi connectivity index (χ4n) is 3.65. The standard InChI is InChI=1S/C23H28N4O3S/c1-3-4-5-8-13-27-22(30)18(21(29)26-23(27)31)14-20-17(11-12-24-15(2)28)16-9-6-7-10-19(16)25-20/h6-7,9-10,14,30H,3-5,8,11-13H2,1-2H3,(H,24,28)(H,26,29,31)/b20-14-. The minimum absolute atomic E-state index is 0.103. The smallest absolute Gasteiger partial charge is 0.262 e. The van der Waals surface area contributed by atoms with E-state index in [1.165, 1.54) is 6.92 Å². The summed E-state index contributed by atoms with van der Waals surface area (Å²) in [6.07, 6.45) is 6.27. The summed E-state index contributed by atoms with van der Waals surface area (Å²) in [5, 5.41) is 15.4. The lowest BCUT2D eigenvalue weighted by Gasteiger charge is -2.12. The number of carbonyl (C=O) groups is 1. The van der Waals surface area contributed by atoms with Gasteiger partial charge in [-0.25, -0.2) is 4.99 Å². The molecule has 1 aliphatic heterocycles. The zero-order valence-electron chi connectivity index (χ0n) is 17.9. The van der Waals surface area contributed by atoms with E-state index in [1.807, 2.05) is 24.3 Å². The van der Waals surface area contributed by atoms with Gasteiger partial charge >= 0.3 is 0 Å². The highest BCUT2D eigenvalue weighted by molar-refractivity contribution is 7.71. The average Bonchev–Trinajstić information content (AvgIpc) is 3.07. The summed E-state index contributed by atoms with van der Waals surface area (Å²) in [6, 6.07) is 7.69. The number of H-pyrrole nitrogens is 1. The molecule has 1 aromatic heterocycles. The van der Waals surface area contributed by atoms with Crippen molar-refractivity contribution in [2.45, 2.75) is 52.5 Å². The molecule has 0 aliphatic carbocycles. The summed E-state index contributed by atoms with van der Waals surface area (Å²) >= 11 is 5.27. The highest BCUT2D eigenvalue weighted by atomic mass is 32.1. The molecule has 3 rings (SSSR count). The van der Waals surface area contributed by atoms with E-state index in [1.54, 1.807) is 10.6 Å². The summed E-state index contributed by atoms with van der Waals surface area (Å²) in [5.74, 6) is -0.251. The Morgan fingerprint density at radius 2 is 2.06 bits per heavy atom. The number of aromatic amines is 1. The van der Waals surface area contributed by atoms with E-state index in [9.17, 15) is 14.7 Å². The zero-order chi connectivity index (χ0) is 22.4. The normalized spacial score (nSPS) is 13.9. The van der Waals surface area contributed by atoms with Gasteiger partial charge in [-0.3, -0.25) is 19.1 Å². The van der Waals surface area contributed by atoms with Gasteiger partial charge in [-0.2, -0.15) is 0 Å². The van der Waals surface area contributed by atoms with Gasteiger partial charge in [0, 0.05) is 25.2 Å². The number of carbonyl (C=O) groups excluding carboxylic acids is 1. The summed E-state index contributed by atoms with van der Waals surface area (Å²) in [6.45, 7) is 4.60. The molecule has 7 nitrogen and oxygen atoms in total. The molecular weight excluding hydrogens is 412 g/mol. The summed E-state index contributed by atoms with van der Waals surface area (Å²) in [5.41, 5.74) is 1.20. The highest BCUT2D eigenvalue weighted by Gasteiger charge is 2.17. The van der Waals surface area contributed by atoms with Crippen molar-refractivity contribution in [2.24, 2.45) is 4.99 Å². The lowest BCUT2D eigenvalue weighted by molar-refractivity contribution is -0.118. The van der Waals surface area contributed by atoms with Gasteiger partial charge in [0.1, 0.15) is 5.56 Å². The molecule has 0 fully saturated rings. The number of aromatic hydroxyl groups is 1. The van der Waals surface area contributed by atoms with Gasteiger partial charge in [0.25, 0.3) is 5.56 Å². The minimum atomic E-state index is -0.452. The number of nitrogens with zero attached hydrogens (tertiary/aromatic N) is 2. The Balaban J connectivity index is 2.01.